The molecule has 1 heterocycles. The van der Waals surface area contributed by atoms with Crippen LogP contribution in [0.3, 0.4) is 0 Å². The molecule has 0 spiro atoms. The lowest BCUT2D eigenvalue weighted by Gasteiger charge is -2.54. The fourth-order valence-corrected chi connectivity index (χ4v) is 4.22. The number of phenols is 1. The highest BCUT2D eigenvalue weighted by atomic mass is 19.1. The van der Waals surface area contributed by atoms with Crippen LogP contribution in [0, 0.1) is 29.4 Å². The number of halogens is 2. The molecule has 34 heavy (non-hydrogen) atoms. The van der Waals surface area contributed by atoms with Crippen LogP contribution in [0.2, 0.25) is 0 Å². The first-order valence-corrected chi connectivity index (χ1v) is 10.8. The molecule has 2 N–H and O–H groups in total. The molecule has 1 saturated heterocycles. The van der Waals surface area contributed by atoms with Gasteiger partial charge in [0.2, 0.25) is 5.91 Å². The summed E-state index contributed by atoms with van der Waals surface area (Å²) in [6.45, 7) is 1.66. The number of allylic oxidation sites excluding steroid dienone is 1. The summed E-state index contributed by atoms with van der Waals surface area (Å²) in [5.41, 5.74) is 1.83. The van der Waals surface area contributed by atoms with Gasteiger partial charge in [-0.2, -0.15) is 0 Å². The Morgan fingerprint density at radius 1 is 1.00 bits per heavy atom. The van der Waals surface area contributed by atoms with Gasteiger partial charge in [0.05, 0.1) is 12.1 Å². The van der Waals surface area contributed by atoms with Crippen LogP contribution in [0.1, 0.15) is 24.5 Å². The molecule has 2 atom stereocenters. The molecule has 1 amide bonds. The van der Waals surface area contributed by atoms with Gasteiger partial charge in [0, 0.05) is 12.1 Å². The molecule has 0 radical (unpaired) electrons. The van der Waals surface area contributed by atoms with Gasteiger partial charge < -0.3 is 10.2 Å². The van der Waals surface area contributed by atoms with Gasteiger partial charge in [-0.25, -0.2) is 8.78 Å². The summed E-state index contributed by atoms with van der Waals surface area (Å²) < 4.78 is 26.6. The summed E-state index contributed by atoms with van der Waals surface area (Å²) in [5, 5.41) is 19.4. The van der Waals surface area contributed by atoms with Crippen molar-refractivity contribution in [3.63, 3.8) is 0 Å². The maximum absolute atomic E-state index is 13.5. The SMILES string of the molecule is C[C@@]1(c2ccc(O)cc2)C(C#CC/C=C(\CO)c2ccc(F)cc2)C(=O)N1c1ccc(F)cc1. The summed E-state index contributed by atoms with van der Waals surface area (Å²) in [6, 6.07) is 18.1. The molecule has 172 valence electrons. The average molecular weight is 459 g/mol. The van der Waals surface area contributed by atoms with Gasteiger partial charge in [0.1, 0.15) is 23.3 Å². The zero-order valence-electron chi connectivity index (χ0n) is 18.5. The maximum atomic E-state index is 13.5. The van der Waals surface area contributed by atoms with E-state index < -0.39 is 17.3 Å². The number of nitrogens with zero attached hydrogens (tertiary/aromatic N) is 1. The minimum absolute atomic E-state index is 0.108. The lowest BCUT2D eigenvalue weighted by Crippen LogP contribution is -2.67. The highest BCUT2D eigenvalue weighted by Crippen LogP contribution is 2.48. The second kappa shape index (κ2) is 9.50. The molecule has 0 aromatic heterocycles. The molecule has 0 saturated carbocycles. The summed E-state index contributed by atoms with van der Waals surface area (Å²) >= 11 is 0. The zero-order valence-corrected chi connectivity index (χ0v) is 18.5. The van der Waals surface area contributed by atoms with E-state index in [-0.39, 0.29) is 24.1 Å². The van der Waals surface area contributed by atoms with Crippen LogP contribution >= 0.6 is 0 Å². The molecule has 1 fully saturated rings. The predicted molar refractivity (Wildman–Crippen MR) is 127 cm³/mol. The van der Waals surface area contributed by atoms with E-state index >= 15 is 0 Å². The minimum atomic E-state index is -0.823. The third kappa shape index (κ3) is 4.30. The summed E-state index contributed by atoms with van der Waals surface area (Å²) in [7, 11) is 0. The minimum Gasteiger partial charge on any atom is -0.508 e. The molecule has 4 nitrogen and oxygen atoms in total. The van der Waals surface area contributed by atoms with Gasteiger partial charge in [-0.05, 0) is 72.2 Å². The number of carbonyl (C=O) groups is 1. The van der Waals surface area contributed by atoms with Gasteiger partial charge in [-0.1, -0.05) is 42.2 Å². The molecule has 3 aromatic carbocycles. The molecule has 1 aliphatic heterocycles. The van der Waals surface area contributed by atoms with Gasteiger partial charge in [-0.3, -0.25) is 9.69 Å². The largest absolute Gasteiger partial charge is 0.508 e. The Balaban J connectivity index is 1.62. The molecule has 1 aliphatic rings. The Labute approximate surface area is 196 Å². The van der Waals surface area contributed by atoms with Crippen LogP contribution in [0.5, 0.6) is 5.75 Å². The molecular weight excluding hydrogens is 436 g/mol. The standard InChI is InChI=1S/C28H23F2NO3/c1-28(21-8-16-25(33)17-9-21)26(27(34)31(28)24-14-12-23(30)13-15-24)5-3-2-4-20(18-32)19-6-10-22(29)11-7-19/h4,6-17,26,32-33H,2,18H2,1H3/b20-4+/t26?,28-/m1/s1. The number of hydrogen-bond donors (Lipinski definition) is 2. The Morgan fingerprint density at radius 3 is 2.18 bits per heavy atom. The van der Waals surface area contributed by atoms with E-state index in [0.29, 0.717) is 23.2 Å². The van der Waals surface area contributed by atoms with E-state index in [2.05, 4.69) is 11.8 Å². The molecule has 0 bridgehead atoms. The van der Waals surface area contributed by atoms with E-state index in [1.165, 1.54) is 24.3 Å². The fraction of sp³-hybridized carbons (Fsp3) is 0.179. The van der Waals surface area contributed by atoms with Crippen molar-refractivity contribution in [2.45, 2.75) is 18.9 Å². The van der Waals surface area contributed by atoms with E-state index in [4.69, 9.17) is 0 Å². The van der Waals surface area contributed by atoms with E-state index in [0.717, 1.165) is 5.56 Å². The molecular formula is C28H23F2NO3. The number of aliphatic hydroxyl groups excluding tert-OH is 1. The highest BCUT2D eigenvalue weighted by Gasteiger charge is 2.58. The lowest BCUT2D eigenvalue weighted by atomic mass is 9.69. The van der Waals surface area contributed by atoms with Crippen LogP contribution < -0.4 is 4.90 Å². The monoisotopic (exact) mass is 459 g/mol. The van der Waals surface area contributed by atoms with Crippen LogP contribution in [-0.4, -0.2) is 22.7 Å². The normalized spacial score (nSPS) is 19.9. The van der Waals surface area contributed by atoms with Crippen molar-refractivity contribution in [1.29, 1.82) is 0 Å². The quantitative estimate of drug-likeness (QED) is 0.416. The van der Waals surface area contributed by atoms with E-state index in [1.807, 2.05) is 6.92 Å². The van der Waals surface area contributed by atoms with Crippen molar-refractivity contribution in [1.82, 2.24) is 0 Å². The van der Waals surface area contributed by atoms with Crippen molar-refractivity contribution in [3.8, 4) is 17.6 Å². The topological polar surface area (TPSA) is 60.8 Å². The Bertz CT molecular complexity index is 1270. The van der Waals surface area contributed by atoms with Crippen LogP contribution in [0.25, 0.3) is 5.57 Å². The number of benzene rings is 3. The lowest BCUT2D eigenvalue weighted by molar-refractivity contribution is -0.131. The smallest absolute Gasteiger partial charge is 0.245 e. The van der Waals surface area contributed by atoms with Crippen molar-refractivity contribution >= 4 is 17.2 Å². The van der Waals surface area contributed by atoms with E-state index in [1.54, 1.807) is 59.5 Å². The van der Waals surface area contributed by atoms with Crippen LogP contribution in [0.4, 0.5) is 14.5 Å². The molecule has 0 aliphatic carbocycles. The van der Waals surface area contributed by atoms with E-state index in [9.17, 15) is 23.8 Å². The summed E-state index contributed by atoms with van der Waals surface area (Å²) in [6.07, 6.45) is 2.04. The number of rotatable bonds is 5. The highest BCUT2D eigenvalue weighted by molar-refractivity contribution is 6.06. The number of aromatic hydroxyl groups is 1. The first-order chi connectivity index (χ1) is 16.3. The molecule has 6 heteroatoms. The number of hydrogen-bond acceptors (Lipinski definition) is 3. The van der Waals surface area contributed by atoms with Gasteiger partial charge in [0.15, 0.2) is 0 Å². The Morgan fingerprint density at radius 2 is 1.59 bits per heavy atom. The second-order valence-corrected chi connectivity index (χ2v) is 8.20. The summed E-state index contributed by atoms with van der Waals surface area (Å²) in [5.74, 6) is 4.56. The number of β-lactam (4-membered cyclic amide) rings is 1. The van der Waals surface area contributed by atoms with Gasteiger partial charge in [-0.15, -0.1) is 0 Å². The molecule has 3 aromatic rings. The third-order valence-electron chi connectivity index (χ3n) is 6.11. The fourth-order valence-electron chi connectivity index (χ4n) is 4.22. The number of amides is 1. The zero-order chi connectivity index (χ0) is 24.3. The van der Waals surface area contributed by atoms with Crippen molar-refractivity contribution in [3.05, 3.63) is 102 Å². The third-order valence-corrected chi connectivity index (χ3v) is 6.11. The summed E-state index contributed by atoms with van der Waals surface area (Å²) in [4.78, 5) is 14.7. The predicted octanol–water partition coefficient (Wildman–Crippen LogP) is 5.02. The van der Waals surface area contributed by atoms with Crippen molar-refractivity contribution in [2.24, 2.45) is 5.92 Å². The van der Waals surface area contributed by atoms with Crippen LogP contribution in [-0.2, 0) is 10.3 Å². The van der Waals surface area contributed by atoms with Crippen LogP contribution in [0.15, 0.2) is 78.9 Å². The van der Waals surface area contributed by atoms with Gasteiger partial charge in [0.25, 0.3) is 0 Å². The number of carbonyl (C=O) groups excluding carboxylic acids is 1. The maximum Gasteiger partial charge on any atom is 0.245 e. The molecule has 4 rings (SSSR count). The van der Waals surface area contributed by atoms with Crippen molar-refractivity contribution < 1.29 is 23.8 Å². The first kappa shape index (κ1) is 23.2. The van der Waals surface area contributed by atoms with Crippen molar-refractivity contribution in [2.75, 3.05) is 11.5 Å². The first-order valence-electron chi connectivity index (χ1n) is 10.8. The Hall–Kier alpha value is -3.95. The van der Waals surface area contributed by atoms with Gasteiger partial charge >= 0.3 is 0 Å². The molecule has 1 unspecified atom stereocenters. The number of aliphatic hydroxyl groups is 1. The Kier molecular flexibility index (Phi) is 6.49. The average Bonchev–Trinajstić information content (AvgIpc) is 2.84. The second-order valence-electron chi connectivity index (χ2n) is 8.20. The number of anilines is 1. The number of phenolic OH excluding ortho intramolecular Hbond substituents is 1.